The molecule has 92 valence electrons. The van der Waals surface area contributed by atoms with Crippen LogP contribution in [0, 0.1) is 5.92 Å². The zero-order chi connectivity index (χ0) is 12.1. The molecule has 3 nitrogen and oxygen atoms in total. The fourth-order valence-electron chi connectivity index (χ4n) is 2.28. The molecule has 1 unspecified atom stereocenters. The summed E-state index contributed by atoms with van der Waals surface area (Å²) >= 11 is 0. The minimum absolute atomic E-state index is 0.0632. The molecule has 1 aromatic rings. The van der Waals surface area contributed by atoms with E-state index < -0.39 is 0 Å². The van der Waals surface area contributed by atoms with E-state index >= 15 is 0 Å². The molecule has 1 aromatic carbocycles. The van der Waals surface area contributed by atoms with Crippen LogP contribution in [-0.2, 0) is 4.79 Å². The lowest BCUT2D eigenvalue weighted by molar-refractivity contribution is -0.122. The summed E-state index contributed by atoms with van der Waals surface area (Å²) < 4.78 is 0. The number of benzene rings is 1. The molecule has 1 fully saturated rings. The summed E-state index contributed by atoms with van der Waals surface area (Å²) in [7, 11) is 0. The number of carbonyl (C=O) groups excluding carboxylic acids is 1. The fourth-order valence-corrected chi connectivity index (χ4v) is 2.28. The molecule has 3 N–H and O–H groups in total. The number of nitrogens with one attached hydrogen (secondary N) is 1. The Hall–Kier alpha value is -1.35. The van der Waals surface area contributed by atoms with E-state index in [2.05, 4.69) is 17.4 Å². The molecule has 2 rings (SSSR count). The van der Waals surface area contributed by atoms with Gasteiger partial charge in [-0.25, -0.2) is 0 Å². The number of hydrogen-bond donors (Lipinski definition) is 2. The summed E-state index contributed by atoms with van der Waals surface area (Å²) in [4.78, 5) is 11.7. The van der Waals surface area contributed by atoms with Crippen LogP contribution in [0.1, 0.15) is 37.3 Å². The van der Waals surface area contributed by atoms with Crippen LogP contribution in [0.5, 0.6) is 0 Å². The number of carbonyl (C=O) groups is 1. The summed E-state index contributed by atoms with van der Waals surface area (Å²) in [6.07, 6.45) is 4.11. The third-order valence-electron chi connectivity index (χ3n) is 3.47. The Labute approximate surface area is 102 Å². The molecule has 0 aromatic heterocycles. The van der Waals surface area contributed by atoms with Gasteiger partial charge in [0.05, 0.1) is 6.04 Å². The van der Waals surface area contributed by atoms with E-state index in [4.69, 9.17) is 5.73 Å². The monoisotopic (exact) mass is 232 g/mol. The third kappa shape index (κ3) is 3.07. The van der Waals surface area contributed by atoms with Gasteiger partial charge in [0, 0.05) is 13.0 Å². The van der Waals surface area contributed by atoms with Crippen molar-refractivity contribution < 1.29 is 4.79 Å². The summed E-state index contributed by atoms with van der Waals surface area (Å²) in [5.74, 6) is 0.660. The molecule has 0 bridgehead atoms. The van der Waals surface area contributed by atoms with Crippen LogP contribution in [-0.4, -0.2) is 12.5 Å². The van der Waals surface area contributed by atoms with Crippen LogP contribution >= 0.6 is 0 Å². The first-order valence-electron chi connectivity index (χ1n) is 6.35. The van der Waals surface area contributed by atoms with Crippen molar-refractivity contribution in [1.82, 2.24) is 5.32 Å². The molecule has 1 saturated carbocycles. The molecule has 17 heavy (non-hydrogen) atoms. The maximum atomic E-state index is 11.7. The average molecular weight is 232 g/mol. The van der Waals surface area contributed by atoms with Gasteiger partial charge in [-0.15, -0.1) is 0 Å². The Kier molecular flexibility index (Phi) is 4.15. The van der Waals surface area contributed by atoms with Crippen LogP contribution in [0.15, 0.2) is 30.3 Å². The smallest absolute Gasteiger partial charge is 0.221 e. The van der Waals surface area contributed by atoms with Crippen molar-refractivity contribution in [2.24, 2.45) is 11.7 Å². The van der Waals surface area contributed by atoms with Gasteiger partial charge < -0.3 is 11.1 Å². The Morgan fingerprint density at radius 2 is 2.06 bits per heavy atom. The molecule has 3 heteroatoms. The molecular weight excluding hydrogens is 212 g/mol. The normalized spacial score (nSPS) is 17.2. The van der Waals surface area contributed by atoms with Crippen LogP contribution < -0.4 is 11.1 Å². The zero-order valence-corrected chi connectivity index (χ0v) is 10.1. The number of amides is 1. The molecule has 0 radical (unpaired) electrons. The van der Waals surface area contributed by atoms with Gasteiger partial charge in [-0.3, -0.25) is 4.79 Å². The predicted molar refractivity (Wildman–Crippen MR) is 68.3 cm³/mol. The predicted octanol–water partition coefficient (Wildman–Crippen LogP) is 1.99. The Balaban J connectivity index is 2.06. The second-order valence-corrected chi connectivity index (χ2v) is 4.69. The fraction of sp³-hybridized carbons (Fsp3) is 0.500. The van der Waals surface area contributed by atoms with E-state index in [1.807, 2.05) is 18.2 Å². The second-order valence-electron chi connectivity index (χ2n) is 4.69. The molecule has 1 amide bonds. The highest BCUT2D eigenvalue weighted by Crippen LogP contribution is 2.37. The van der Waals surface area contributed by atoms with E-state index in [1.165, 1.54) is 24.8 Å². The van der Waals surface area contributed by atoms with Gasteiger partial charge in [0.25, 0.3) is 0 Å². The Morgan fingerprint density at radius 1 is 1.35 bits per heavy atom. The zero-order valence-electron chi connectivity index (χ0n) is 10.1. The summed E-state index contributed by atoms with van der Waals surface area (Å²) in [5.41, 5.74) is 6.62. The number of rotatable bonds is 5. The average Bonchev–Trinajstić information content (AvgIpc) is 2.27. The van der Waals surface area contributed by atoms with Crippen molar-refractivity contribution in [3.05, 3.63) is 35.9 Å². The number of nitrogens with two attached hydrogens (primary N) is 1. The maximum Gasteiger partial charge on any atom is 0.221 e. The highest BCUT2D eigenvalue weighted by atomic mass is 16.1. The van der Waals surface area contributed by atoms with Crippen molar-refractivity contribution in [2.75, 3.05) is 6.54 Å². The van der Waals surface area contributed by atoms with Crippen LogP contribution in [0.25, 0.3) is 0 Å². The summed E-state index contributed by atoms with van der Waals surface area (Å²) in [6, 6.07) is 10.4. The van der Waals surface area contributed by atoms with Crippen molar-refractivity contribution in [3.63, 3.8) is 0 Å². The van der Waals surface area contributed by atoms with Crippen LogP contribution in [0.3, 0.4) is 0 Å². The summed E-state index contributed by atoms with van der Waals surface area (Å²) in [5, 5.41) is 3.12. The SMILES string of the molecule is NCCC(=O)NC(c1ccccc1)C1CCC1. The standard InChI is InChI=1S/C14H20N2O/c15-10-9-13(17)16-14(12-7-4-8-12)11-5-2-1-3-6-11/h1-3,5-6,12,14H,4,7-10,15H2,(H,16,17). The maximum absolute atomic E-state index is 11.7. The Morgan fingerprint density at radius 3 is 2.59 bits per heavy atom. The highest BCUT2D eigenvalue weighted by molar-refractivity contribution is 5.76. The third-order valence-corrected chi connectivity index (χ3v) is 3.47. The van der Waals surface area contributed by atoms with Crippen molar-refractivity contribution in [2.45, 2.75) is 31.7 Å². The van der Waals surface area contributed by atoms with Gasteiger partial charge in [0.1, 0.15) is 0 Å². The van der Waals surface area contributed by atoms with E-state index in [0.717, 1.165) is 0 Å². The van der Waals surface area contributed by atoms with Crippen molar-refractivity contribution in [3.8, 4) is 0 Å². The molecular formula is C14H20N2O. The van der Waals surface area contributed by atoms with Crippen molar-refractivity contribution >= 4 is 5.91 Å². The highest BCUT2D eigenvalue weighted by Gasteiger charge is 2.29. The molecule has 0 spiro atoms. The molecule has 0 saturated heterocycles. The number of hydrogen-bond acceptors (Lipinski definition) is 2. The first kappa shape index (κ1) is 12.1. The van der Waals surface area contributed by atoms with Gasteiger partial charge >= 0.3 is 0 Å². The van der Waals surface area contributed by atoms with Gasteiger partial charge in [-0.05, 0) is 24.3 Å². The molecule has 1 aliphatic carbocycles. The van der Waals surface area contributed by atoms with Gasteiger partial charge in [-0.1, -0.05) is 36.8 Å². The lowest BCUT2D eigenvalue weighted by atomic mass is 9.77. The lowest BCUT2D eigenvalue weighted by Gasteiger charge is -2.34. The largest absolute Gasteiger partial charge is 0.349 e. The van der Waals surface area contributed by atoms with Crippen molar-refractivity contribution in [1.29, 1.82) is 0 Å². The Bertz CT molecular complexity index is 360. The van der Waals surface area contributed by atoms with Gasteiger partial charge in [0.15, 0.2) is 0 Å². The summed E-state index contributed by atoms with van der Waals surface area (Å²) in [6.45, 7) is 0.415. The topological polar surface area (TPSA) is 55.1 Å². The van der Waals surface area contributed by atoms with Gasteiger partial charge in [-0.2, -0.15) is 0 Å². The van der Waals surface area contributed by atoms with E-state index in [0.29, 0.717) is 18.9 Å². The first-order chi connectivity index (χ1) is 8.31. The lowest BCUT2D eigenvalue weighted by Crippen LogP contribution is -2.36. The molecule has 0 aliphatic heterocycles. The molecule has 0 heterocycles. The second kappa shape index (κ2) is 5.82. The van der Waals surface area contributed by atoms with Gasteiger partial charge in [0.2, 0.25) is 5.91 Å². The van der Waals surface area contributed by atoms with Crippen LogP contribution in [0.4, 0.5) is 0 Å². The minimum atomic E-state index is 0.0632. The first-order valence-corrected chi connectivity index (χ1v) is 6.35. The quantitative estimate of drug-likeness (QED) is 0.815. The molecule has 1 aliphatic rings. The van der Waals surface area contributed by atoms with E-state index in [1.54, 1.807) is 0 Å². The van der Waals surface area contributed by atoms with E-state index in [-0.39, 0.29) is 11.9 Å². The molecule has 1 atom stereocenters. The van der Waals surface area contributed by atoms with Crippen LogP contribution in [0.2, 0.25) is 0 Å². The van der Waals surface area contributed by atoms with E-state index in [9.17, 15) is 4.79 Å². The minimum Gasteiger partial charge on any atom is -0.349 e.